The van der Waals surface area contributed by atoms with E-state index in [1.165, 1.54) is 36.0 Å². The lowest BCUT2D eigenvalue weighted by Gasteiger charge is -2.20. The molecule has 1 atom stereocenters. The fourth-order valence-electron chi connectivity index (χ4n) is 3.48. The Morgan fingerprint density at radius 2 is 1.50 bits per heavy atom. The number of carboxylic acid groups (broad SMARTS) is 1. The summed E-state index contributed by atoms with van der Waals surface area (Å²) in [6.45, 7) is 2.52. The van der Waals surface area contributed by atoms with Gasteiger partial charge in [-0.2, -0.15) is 0 Å². The fourth-order valence-corrected chi connectivity index (χ4v) is 3.48. The molecule has 0 amide bonds. The minimum atomic E-state index is -1.17. The molecule has 0 heterocycles. The van der Waals surface area contributed by atoms with Gasteiger partial charge in [-0.3, -0.25) is 0 Å². The van der Waals surface area contributed by atoms with E-state index < -0.39 is 6.16 Å². The number of unbranched alkanes of at least 4 members (excludes halogenated alkanes) is 5. The topological polar surface area (TPSA) is 46.5 Å². The van der Waals surface area contributed by atoms with Gasteiger partial charge in [-0.25, -0.2) is 4.79 Å². The molecule has 2 rings (SSSR count). The molecule has 0 aliphatic carbocycles. The van der Waals surface area contributed by atoms with Crippen molar-refractivity contribution in [3.63, 3.8) is 0 Å². The van der Waals surface area contributed by atoms with Gasteiger partial charge in [0.2, 0.25) is 0 Å². The van der Waals surface area contributed by atoms with E-state index in [0.717, 1.165) is 25.7 Å². The van der Waals surface area contributed by atoms with Crippen molar-refractivity contribution in [2.45, 2.75) is 57.8 Å². The molecule has 3 heteroatoms. The molecule has 0 bridgehead atoms. The van der Waals surface area contributed by atoms with Crippen LogP contribution >= 0.6 is 0 Å². The molecule has 0 aliphatic heterocycles. The van der Waals surface area contributed by atoms with Crippen LogP contribution in [0.25, 0.3) is 0 Å². The number of benzene rings is 2. The second-order valence-electron chi connectivity index (χ2n) is 6.84. The third-order valence-electron chi connectivity index (χ3n) is 4.88. The summed E-state index contributed by atoms with van der Waals surface area (Å²) in [6.07, 6.45) is 6.61. The summed E-state index contributed by atoms with van der Waals surface area (Å²) in [5.74, 6) is 0.460. The number of ether oxygens (including phenoxy) is 1. The van der Waals surface area contributed by atoms with Gasteiger partial charge < -0.3 is 9.84 Å². The Labute approximate surface area is 157 Å². The first-order valence-electron chi connectivity index (χ1n) is 9.64. The van der Waals surface area contributed by atoms with Crippen LogP contribution in [-0.2, 0) is 4.74 Å². The molecule has 2 aromatic rings. The molecule has 0 saturated heterocycles. The predicted octanol–water partition coefficient (Wildman–Crippen LogP) is 6.55. The maximum atomic E-state index is 10.3. The average molecular weight is 354 g/mol. The zero-order valence-electron chi connectivity index (χ0n) is 15.7. The zero-order valence-corrected chi connectivity index (χ0v) is 15.7. The van der Waals surface area contributed by atoms with Crippen molar-refractivity contribution >= 4 is 6.16 Å². The third-order valence-corrected chi connectivity index (χ3v) is 4.88. The molecule has 0 radical (unpaired) electrons. The normalized spacial score (nSPS) is 11.9. The van der Waals surface area contributed by atoms with Crippen molar-refractivity contribution in [2.24, 2.45) is 0 Å². The molecule has 2 aromatic carbocycles. The van der Waals surface area contributed by atoms with Crippen LogP contribution in [0.2, 0.25) is 0 Å². The Bertz CT molecular complexity index is 652. The summed E-state index contributed by atoms with van der Waals surface area (Å²) >= 11 is 0. The summed E-state index contributed by atoms with van der Waals surface area (Å²) in [4.78, 5) is 10.3. The Kier molecular flexibility index (Phi) is 8.74. The summed E-state index contributed by atoms with van der Waals surface area (Å²) < 4.78 is 4.53. The van der Waals surface area contributed by atoms with E-state index in [0.29, 0.717) is 12.5 Å². The maximum Gasteiger partial charge on any atom is 0.505 e. The van der Waals surface area contributed by atoms with Gasteiger partial charge in [0.25, 0.3) is 0 Å². The Morgan fingerprint density at radius 3 is 2.19 bits per heavy atom. The van der Waals surface area contributed by atoms with Crippen LogP contribution in [0.3, 0.4) is 0 Å². The standard InChI is InChI=1S/C23H30O3/c1-19-13-10-11-16-21(19)22(20-14-7-6-8-15-20)17-9-4-2-3-5-12-18-26-23(24)25/h6-8,10-11,13-16,22H,2-5,9,12,17-18H2,1H3,(H,24,25). The highest BCUT2D eigenvalue weighted by molar-refractivity contribution is 5.56. The van der Waals surface area contributed by atoms with Crippen molar-refractivity contribution in [3.8, 4) is 0 Å². The lowest BCUT2D eigenvalue weighted by molar-refractivity contribution is 0.0899. The van der Waals surface area contributed by atoms with Crippen molar-refractivity contribution in [3.05, 3.63) is 71.3 Å². The lowest BCUT2D eigenvalue weighted by atomic mass is 9.84. The summed E-state index contributed by atoms with van der Waals surface area (Å²) in [6, 6.07) is 19.5. The minimum absolute atomic E-state index is 0.318. The van der Waals surface area contributed by atoms with Crippen LogP contribution in [-0.4, -0.2) is 17.9 Å². The van der Waals surface area contributed by atoms with Crippen molar-refractivity contribution in [1.29, 1.82) is 0 Å². The van der Waals surface area contributed by atoms with Crippen molar-refractivity contribution in [2.75, 3.05) is 6.61 Å². The molecular weight excluding hydrogens is 324 g/mol. The van der Waals surface area contributed by atoms with E-state index in [4.69, 9.17) is 5.11 Å². The van der Waals surface area contributed by atoms with Crippen LogP contribution in [0.5, 0.6) is 0 Å². The fraction of sp³-hybridized carbons (Fsp3) is 0.435. The number of hydrogen-bond acceptors (Lipinski definition) is 2. The van der Waals surface area contributed by atoms with E-state index in [2.05, 4.69) is 66.3 Å². The molecule has 0 aliphatic rings. The first-order chi connectivity index (χ1) is 12.7. The van der Waals surface area contributed by atoms with Crippen LogP contribution in [0.15, 0.2) is 54.6 Å². The molecule has 0 aromatic heterocycles. The molecule has 1 N–H and O–H groups in total. The number of hydrogen-bond donors (Lipinski definition) is 1. The van der Waals surface area contributed by atoms with Crippen LogP contribution in [0, 0.1) is 6.92 Å². The molecule has 3 nitrogen and oxygen atoms in total. The van der Waals surface area contributed by atoms with E-state index in [1.807, 2.05) is 0 Å². The SMILES string of the molecule is Cc1ccccc1C(CCCCCCCCOC(=O)O)c1ccccc1. The number of rotatable bonds is 11. The molecule has 0 fully saturated rings. The molecule has 26 heavy (non-hydrogen) atoms. The van der Waals surface area contributed by atoms with Gasteiger partial charge in [0.1, 0.15) is 0 Å². The van der Waals surface area contributed by atoms with Gasteiger partial charge in [0.05, 0.1) is 6.61 Å². The largest absolute Gasteiger partial charge is 0.505 e. The molecule has 0 spiro atoms. The van der Waals surface area contributed by atoms with Gasteiger partial charge in [-0.05, 0) is 36.5 Å². The Balaban J connectivity index is 1.78. The van der Waals surface area contributed by atoms with Gasteiger partial charge >= 0.3 is 6.16 Å². The smallest absolute Gasteiger partial charge is 0.450 e. The predicted molar refractivity (Wildman–Crippen MR) is 106 cm³/mol. The summed E-state index contributed by atoms with van der Waals surface area (Å²) in [5, 5.41) is 8.42. The highest BCUT2D eigenvalue weighted by Crippen LogP contribution is 2.32. The third kappa shape index (κ3) is 6.91. The molecule has 1 unspecified atom stereocenters. The van der Waals surface area contributed by atoms with Crippen LogP contribution in [0.4, 0.5) is 4.79 Å². The summed E-state index contributed by atoms with van der Waals surface area (Å²) in [5.41, 5.74) is 4.19. The van der Waals surface area contributed by atoms with Gasteiger partial charge in [-0.15, -0.1) is 0 Å². The average Bonchev–Trinajstić information content (AvgIpc) is 2.65. The first kappa shape index (κ1) is 20.0. The van der Waals surface area contributed by atoms with Gasteiger partial charge in [-0.1, -0.05) is 86.7 Å². The highest BCUT2D eigenvalue weighted by Gasteiger charge is 2.15. The monoisotopic (exact) mass is 354 g/mol. The molecule has 140 valence electrons. The number of aryl methyl sites for hydroxylation is 1. The second-order valence-corrected chi connectivity index (χ2v) is 6.84. The van der Waals surface area contributed by atoms with Crippen molar-refractivity contribution < 1.29 is 14.6 Å². The Hall–Kier alpha value is -2.29. The van der Waals surface area contributed by atoms with E-state index in [1.54, 1.807) is 0 Å². The van der Waals surface area contributed by atoms with Gasteiger partial charge in [0.15, 0.2) is 0 Å². The number of carbonyl (C=O) groups is 1. The van der Waals surface area contributed by atoms with E-state index >= 15 is 0 Å². The van der Waals surface area contributed by atoms with Crippen LogP contribution in [0.1, 0.15) is 67.6 Å². The van der Waals surface area contributed by atoms with Gasteiger partial charge in [0, 0.05) is 5.92 Å². The van der Waals surface area contributed by atoms with E-state index in [9.17, 15) is 4.79 Å². The molecular formula is C23H30O3. The molecule has 0 saturated carbocycles. The van der Waals surface area contributed by atoms with Crippen molar-refractivity contribution in [1.82, 2.24) is 0 Å². The minimum Gasteiger partial charge on any atom is -0.450 e. The zero-order chi connectivity index (χ0) is 18.6. The quantitative estimate of drug-likeness (QED) is 0.367. The second kappa shape index (κ2) is 11.3. The van der Waals surface area contributed by atoms with E-state index in [-0.39, 0.29) is 0 Å². The maximum absolute atomic E-state index is 10.3. The lowest BCUT2D eigenvalue weighted by Crippen LogP contribution is -2.03. The highest BCUT2D eigenvalue weighted by atomic mass is 16.7. The summed E-state index contributed by atoms with van der Waals surface area (Å²) in [7, 11) is 0. The Morgan fingerprint density at radius 1 is 0.885 bits per heavy atom. The van der Waals surface area contributed by atoms with Crippen LogP contribution < -0.4 is 0 Å². The first-order valence-corrected chi connectivity index (χ1v) is 9.64.